The number of aromatic nitrogens is 1. The summed E-state index contributed by atoms with van der Waals surface area (Å²) in [5, 5.41) is 0. The van der Waals surface area contributed by atoms with E-state index in [1.807, 2.05) is 19.1 Å². The zero-order valence-corrected chi connectivity index (χ0v) is 16.6. The van der Waals surface area contributed by atoms with Gasteiger partial charge in [-0.05, 0) is 19.1 Å². The summed E-state index contributed by atoms with van der Waals surface area (Å²) in [6.07, 6.45) is 0.0419. The Morgan fingerprint density at radius 2 is 2.00 bits per heavy atom. The predicted octanol–water partition coefficient (Wildman–Crippen LogP) is 3.61. The van der Waals surface area contributed by atoms with Gasteiger partial charge in [-0.15, -0.1) is 0 Å². The first kappa shape index (κ1) is 20.2. The SMILES string of the molecule is COCCn1c(=NC(=O)Cc2cc(C)ccc2OC)sc2cc(F)cc(F)c21. The third-order valence-corrected chi connectivity index (χ3v) is 5.24. The fourth-order valence-corrected chi connectivity index (χ4v) is 4.07. The number of hydrogen-bond donors (Lipinski definition) is 0. The molecule has 8 heteroatoms. The molecular formula is C20H20F2N2O3S. The summed E-state index contributed by atoms with van der Waals surface area (Å²) < 4.78 is 40.2. The Kier molecular flexibility index (Phi) is 6.21. The average molecular weight is 406 g/mol. The van der Waals surface area contributed by atoms with E-state index in [0.717, 1.165) is 28.5 Å². The molecule has 5 nitrogen and oxygen atoms in total. The van der Waals surface area contributed by atoms with Crippen LogP contribution >= 0.6 is 11.3 Å². The van der Waals surface area contributed by atoms with Gasteiger partial charge in [-0.25, -0.2) is 8.78 Å². The number of carbonyl (C=O) groups excluding carboxylic acids is 1. The molecule has 3 rings (SSSR count). The highest BCUT2D eigenvalue weighted by Gasteiger charge is 2.15. The quantitative estimate of drug-likeness (QED) is 0.628. The van der Waals surface area contributed by atoms with Gasteiger partial charge in [0.1, 0.15) is 11.6 Å². The van der Waals surface area contributed by atoms with Crippen LogP contribution in [0.15, 0.2) is 35.3 Å². The minimum absolute atomic E-state index is 0.0419. The molecule has 0 aliphatic heterocycles. The molecule has 2 aromatic carbocycles. The number of methoxy groups -OCH3 is 2. The van der Waals surface area contributed by atoms with Gasteiger partial charge in [-0.3, -0.25) is 4.79 Å². The van der Waals surface area contributed by atoms with Crippen molar-refractivity contribution in [2.24, 2.45) is 4.99 Å². The molecule has 0 N–H and O–H groups in total. The van der Waals surface area contributed by atoms with Gasteiger partial charge in [0, 0.05) is 25.3 Å². The molecular weight excluding hydrogens is 386 g/mol. The van der Waals surface area contributed by atoms with E-state index in [2.05, 4.69) is 4.99 Å². The van der Waals surface area contributed by atoms with Crippen LogP contribution in [-0.4, -0.2) is 31.3 Å². The number of benzene rings is 2. The first-order chi connectivity index (χ1) is 13.4. The van der Waals surface area contributed by atoms with E-state index in [-0.39, 0.29) is 11.9 Å². The van der Waals surface area contributed by atoms with Crippen molar-refractivity contribution in [1.82, 2.24) is 4.57 Å². The highest BCUT2D eigenvalue weighted by atomic mass is 32.1. The molecule has 0 bridgehead atoms. The lowest BCUT2D eigenvalue weighted by atomic mass is 10.1. The van der Waals surface area contributed by atoms with Crippen LogP contribution in [0.3, 0.4) is 0 Å². The Morgan fingerprint density at radius 1 is 1.21 bits per heavy atom. The van der Waals surface area contributed by atoms with Gasteiger partial charge in [-0.1, -0.05) is 29.0 Å². The Labute approximate surface area is 164 Å². The van der Waals surface area contributed by atoms with E-state index < -0.39 is 17.5 Å². The normalized spacial score (nSPS) is 12.0. The van der Waals surface area contributed by atoms with Gasteiger partial charge in [-0.2, -0.15) is 4.99 Å². The van der Waals surface area contributed by atoms with Gasteiger partial charge >= 0.3 is 0 Å². The monoisotopic (exact) mass is 406 g/mol. The number of hydrogen-bond acceptors (Lipinski definition) is 4. The second kappa shape index (κ2) is 8.62. The molecule has 0 radical (unpaired) electrons. The lowest BCUT2D eigenvalue weighted by Gasteiger charge is -2.08. The van der Waals surface area contributed by atoms with E-state index in [4.69, 9.17) is 9.47 Å². The van der Waals surface area contributed by atoms with Crippen LogP contribution in [-0.2, 0) is 22.5 Å². The summed E-state index contributed by atoms with van der Waals surface area (Å²) >= 11 is 1.06. The number of halogens is 2. The zero-order chi connectivity index (χ0) is 20.3. The second-order valence-corrected chi connectivity index (χ2v) is 7.27. The molecule has 0 unspecified atom stereocenters. The third kappa shape index (κ3) is 4.28. The van der Waals surface area contributed by atoms with Crippen molar-refractivity contribution in [2.75, 3.05) is 20.8 Å². The van der Waals surface area contributed by atoms with Crippen LogP contribution in [0.5, 0.6) is 5.75 Å². The predicted molar refractivity (Wildman–Crippen MR) is 104 cm³/mol. The molecule has 0 fully saturated rings. The largest absolute Gasteiger partial charge is 0.496 e. The number of thiazole rings is 1. The molecule has 28 heavy (non-hydrogen) atoms. The lowest BCUT2D eigenvalue weighted by molar-refractivity contribution is -0.117. The summed E-state index contributed by atoms with van der Waals surface area (Å²) in [7, 11) is 3.06. The number of carbonyl (C=O) groups is 1. The number of rotatable bonds is 6. The topological polar surface area (TPSA) is 52.8 Å². The average Bonchev–Trinajstić information content (AvgIpc) is 2.97. The minimum atomic E-state index is -0.698. The number of amides is 1. The molecule has 0 aliphatic rings. The van der Waals surface area contributed by atoms with Crippen LogP contribution in [0.1, 0.15) is 11.1 Å². The van der Waals surface area contributed by atoms with Crippen molar-refractivity contribution in [1.29, 1.82) is 0 Å². The summed E-state index contributed by atoms with van der Waals surface area (Å²) in [5.41, 5.74) is 1.93. The molecule has 1 amide bonds. The lowest BCUT2D eigenvalue weighted by Crippen LogP contribution is -2.20. The highest BCUT2D eigenvalue weighted by molar-refractivity contribution is 7.16. The Hall–Kier alpha value is -2.58. The van der Waals surface area contributed by atoms with E-state index in [1.54, 1.807) is 10.6 Å². The molecule has 0 saturated heterocycles. The number of aryl methyl sites for hydroxylation is 1. The Balaban J connectivity index is 2.04. The smallest absolute Gasteiger partial charge is 0.252 e. The third-order valence-electron chi connectivity index (χ3n) is 4.21. The van der Waals surface area contributed by atoms with E-state index in [0.29, 0.717) is 28.4 Å². The summed E-state index contributed by atoms with van der Waals surface area (Å²) in [5.74, 6) is -1.17. The van der Waals surface area contributed by atoms with Crippen molar-refractivity contribution in [3.8, 4) is 5.75 Å². The second-order valence-electron chi connectivity index (χ2n) is 6.26. The molecule has 1 heterocycles. The molecule has 0 atom stereocenters. The number of nitrogens with zero attached hydrogens (tertiary/aromatic N) is 2. The first-order valence-corrected chi connectivity index (χ1v) is 9.43. The molecule has 0 spiro atoms. The van der Waals surface area contributed by atoms with Crippen molar-refractivity contribution in [3.63, 3.8) is 0 Å². The van der Waals surface area contributed by atoms with Gasteiger partial charge in [0.2, 0.25) is 0 Å². The fourth-order valence-electron chi connectivity index (χ4n) is 2.96. The minimum Gasteiger partial charge on any atom is -0.496 e. The summed E-state index contributed by atoms with van der Waals surface area (Å²) in [4.78, 5) is 17.0. The van der Waals surface area contributed by atoms with Crippen LogP contribution in [0.25, 0.3) is 10.2 Å². The Bertz CT molecular complexity index is 1090. The Morgan fingerprint density at radius 3 is 2.71 bits per heavy atom. The first-order valence-electron chi connectivity index (χ1n) is 8.61. The molecule has 1 aromatic heterocycles. The van der Waals surface area contributed by atoms with Gasteiger partial charge in [0.05, 0.1) is 30.4 Å². The fraction of sp³-hybridized carbons (Fsp3) is 0.300. The van der Waals surface area contributed by atoms with Crippen molar-refractivity contribution < 1.29 is 23.0 Å². The van der Waals surface area contributed by atoms with Gasteiger partial charge in [0.25, 0.3) is 5.91 Å². The van der Waals surface area contributed by atoms with Crippen molar-refractivity contribution >= 4 is 27.5 Å². The molecule has 0 saturated carbocycles. The van der Waals surface area contributed by atoms with Gasteiger partial charge in [0.15, 0.2) is 10.6 Å². The standard InChI is InChI=1S/C20H20F2N2O3S/c1-12-4-5-16(27-3)13(8-12)9-18(25)23-20-24(6-7-26-2)19-15(22)10-14(21)11-17(19)28-20/h4-5,8,10-11H,6-7,9H2,1-3H3. The zero-order valence-electron chi connectivity index (χ0n) is 15.8. The molecule has 148 valence electrons. The van der Waals surface area contributed by atoms with Crippen molar-refractivity contribution in [3.05, 3.63) is 57.9 Å². The van der Waals surface area contributed by atoms with Gasteiger partial charge < -0.3 is 14.0 Å². The van der Waals surface area contributed by atoms with Crippen LogP contribution in [0.4, 0.5) is 8.78 Å². The summed E-state index contributed by atoms with van der Waals surface area (Å²) in [6, 6.07) is 7.62. The van der Waals surface area contributed by atoms with Crippen LogP contribution < -0.4 is 9.54 Å². The van der Waals surface area contributed by atoms with Crippen LogP contribution in [0, 0.1) is 18.6 Å². The maximum Gasteiger partial charge on any atom is 0.252 e. The van der Waals surface area contributed by atoms with Crippen molar-refractivity contribution in [2.45, 2.75) is 19.9 Å². The number of fused-ring (bicyclic) bond motifs is 1. The van der Waals surface area contributed by atoms with E-state index in [1.165, 1.54) is 20.3 Å². The maximum atomic E-state index is 14.3. The number of ether oxygens (including phenoxy) is 2. The molecule has 0 aliphatic carbocycles. The molecule has 3 aromatic rings. The maximum absolute atomic E-state index is 14.3. The summed E-state index contributed by atoms with van der Waals surface area (Å²) in [6.45, 7) is 2.52. The van der Waals surface area contributed by atoms with E-state index >= 15 is 0 Å². The highest BCUT2D eigenvalue weighted by Crippen LogP contribution is 2.23. The van der Waals surface area contributed by atoms with Crippen LogP contribution in [0.2, 0.25) is 0 Å². The van der Waals surface area contributed by atoms with E-state index in [9.17, 15) is 13.6 Å².